The highest BCUT2D eigenvalue weighted by Crippen LogP contribution is 2.31. The molecule has 7 heteroatoms. The van der Waals surface area contributed by atoms with Crippen LogP contribution in [0.25, 0.3) is 10.2 Å². The van der Waals surface area contributed by atoms with Gasteiger partial charge in [-0.3, -0.25) is 4.79 Å². The number of fused-ring (bicyclic) bond motifs is 1. The fourth-order valence-electron chi connectivity index (χ4n) is 1.50. The monoisotopic (exact) mass is 280 g/mol. The predicted octanol–water partition coefficient (Wildman–Crippen LogP) is 1.02. The number of thiophene rings is 1. The summed E-state index contributed by atoms with van der Waals surface area (Å²) in [6.07, 6.45) is 1.54. The van der Waals surface area contributed by atoms with Gasteiger partial charge in [-0.15, -0.1) is 16.4 Å². The number of nitrogens with one attached hydrogen (secondary N) is 1. The quantitative estimate of drug-likeness (QED) is 0.776. The van der Waals surface area contributed by atoms with E-state index in [-0.39, 0.29) is 17.9 Å². The molecule has 0 radical (unpaired) electrons. The number of carbonyl (C=O) groups is 1. The van der Waals surface area contributed by atoms with Crippen molar-refractivity contribution in [3.05, 3.63) is 17.1 Å². The predicted molar refractivity (Wildman–Crippen MR) is 75.0 cm³/mol. The molecule has 0 saturated heterocycles. The highest BCUT2D eigenvalue weighted by molar-refractivity contribution is 7.21. The lowest BCUT2D eigenvalue weighted by Gasteiger charge is -2.21. The first-order valence-electron chi connectivity index (χ1n) is 5.83. The summed E-state index contributed by atoms with van der Waals surface area (Å²) in [5, 5.41) is 20.4. The maximum Gasteiger partial charge on any atom is 0.263 e. The summed E-state index contributed by atoms with van der Waals surface area (Å²) in [4.78, 5) is 13.2. The van der Waals surface area contributed by atoms with Crippen molar-refractivity contribution in [2.24, 2.45) is 5.41 Å². The van der Waals surface area contributed by atoms with Gasteiger partial charge in [-0.25, -0.2) is 0 Å². The number of nitrogens with two attached hydrogens (primary N) is 1. The first kappa shape index (κ1) is 13.7. The summed E-state index contributed by atoms with van der Waals surface area (Å²) in [5.74, 6) is -0.248. The van der Waals surface area contributed by atoms with E-state index in [9.17, 15) is 4.79 Å². The van der Waals surface area contributed by atoms with Crippen LogP contribution >= 0.6 is 11.3 Å². The van der Waals surface area contributed by atoms with E-state index in [2.05, 4.69) is 15.5 Å². The Kier molecular flexibility index (Phi) is 3.68. The van der Waals surface area contributed by atoms with Gasteiger partial charge < -0.3 is 16.2 Å². The van der Waals surface area contributed by atoms with Crippen LogP contribution in [0.15, 0.2) is 12.3 Å². The van der Waals surface area contributed by atoms with E-state index in [4.69, 9.17) is 10.8 Å². The van der Waals surface area contributed by atoms with Gasteiger partial charge in [0.15, 0.2) is 0 Å². The van der Waals surface area contributed by atoms with Crippen molar-refractivity contribution in [2.45, 2.75) is 13.8 Å². The van der Waals surface area contributed by atoms with Gasteiger partial charge in [-0.05, 0) is 6.07 Å². The highest BCUT2D eigenvalue weighted by Gasteiger charge is 2.21. The number of anilines is 1. The molecule has 0 fully saturated rings. The first-order valence-corrected chi connectivity index (χ1v) is 6.65. The van der Waals surface area contributed by atoms with Crippen molar-refractivity contribution in [3.8, 4) is 0 Å². The van der Waals surface area contributed by atoms with Crippen molar-refractivity contribution in [2.75, 3.05) is 18.9 Å². The van der Waals surface area contributed by atoms with Crippen LogP contribution in [-0.2, 0) is 0 Å². The molecule has 2 aromatic rings. The molecule has 0 aromatic carbocycles. The minimum Gasteiger partial charge on any atom is -0.397 e. The Morgan fingerprint density at radius 2 is 2.32 bits per heavy atom. The second kappa shape index (κ2) is 5.10. The molecule has 0 aliphatic rings. The van der Waals surface area contributed by atoms with Crippen LogP contribution < -0.4 is 11.1 Å². The van der Waals surface area contributed by atoms with Crippen LogP contribution in [0.5, 0.6) is 0 Å². The number of rotatable bonds is 4. The number of hydrogen-bond donors (Lipinski definition) is 3. The summed E-state index contributed by atoms with van der Waals surface area (Å²) in [6, 6.07) is 1.74. The van der Waals surface area contributed by atoms with Crippen LogP contribution in [-0.4, -0.2) is 34.4 Å². The number of aliphatic hydroxyl groups excluding tert-OH is 1. The van der Waals surface area contributed by atoms with Gasteiger partial charge in [0.25, 0.3) is 5.91 Å². The first-order chi connectivity index (χ1) is 8.94. The van der Waals surface area contributed by atoms with Crippen molar-refractivity contribution in [1.82, 2.24) is 15.5 Å². The van der Waals surface area contributed by atoms with Gasteiger partial charge in [-0.2, -0.15) is 5.10 Å². The standard InChI is InChI=1S/C12H16N4O2S/c1-12(2,6-17)5-14-10(18)9-8(13)7-3-4-15-16-11(7)19-9/h3-4,17H,5-6,13H2,1-2H3,(H,14,18). The van der Waals surface area contributed by atoms with E-state index >= 15 is 0 Å². The summed E-state index contributed by atoms with van der Waals surface area (Å²) in [6.45, 7) is 4.11. The number of aliphatic hydroxyl groups is 1. The fourth-order valence-corrected chi connectivity index (χ4v) is 2.45. The van der Waals surface area contributed by atoms with E-state index in [1.54, 1.807) is 12.3 Å². The van der Waals surface area contributed by atoms with Crippen LogP contribution in [0.3, 0.4) is 0 Å². The fraction of sp³-hybridized carbons (Fsp3) is 0.417. The minimum absolute atomic E-state index is 0.000649. The van der Waals surface area contributed by atoms with E-state index < -0.39 is 0 Å². The number of aromatic nitrogens is 2. The third-order valence-electron chi connectivity index (χ3n) is 2.78. The van der Waals surface area contributed by atoms with Crippen molar-refractivity contribution < 1.29 is 9.90 Å². The third-order valence-corrected chi connectivity index (χ3v) is 3.89. The molecule has 1 amide bonds. The molecule has 2 rings (SSSR count). The Balaban J connectivity index is 2.20. The molecule has 6 nitrogen and oxygen atoms in total. The molecule has 0 aliphatic heterocycles. The third kappa shape index (κ3) is 2.82. The van der Waals surface area contributed by atoms with E-state index in [0.29, 0.717) is 21.9 Å². The average Bonchev–Trinajstić information content (AvgIpc) is 2.74. The van der Waals surface area contributed by atoms with Crippen molar-refractivity contribution in [3.63, 3.8) is 0 Å². The molecular weight excluding hydrogens is 264 g/mol. The topological polar surface area (TPSA) is 101 Å². The molecule has 0 bridgehead atoms. The molecule has 0 atom stereocenters. The number of hydrogen-bond acceptors (Lipinski definition) is 6. The van der Waals surface area contributed by atoms with Crippen molar-refractivity contribution in [1.29, 1.82) is 0 Å². The Morgan fingerprint density at radius 1 is 1.58 bits per heavy atom. The Bertz CT molecular complexity index is 609. The average molecular weight is 280 g/mol. The zero-order valence-corrected chi connectivity index (χ0v) is 11.6. The van der Waals surface area contributed by atoms with Crippen molar-refractivity contribution >= 4 is 33.1 Å². The number of nitrogens with zero attached hydrogens (tertiary/aromatic N) is 2. The molecule has 0 unspecified atom stereocenters. The zero-order valence-electron chi connectivity index (χ0n) is 10.8. The van der Waals surface area contributed by atoms with Gasteiger partial charge in [-0.1, -0.05) is 13.8 Å². The largest absolute Gasteiger partial charge is 0.397 e. The maximum atomic E-state index is 12.1. The molecule has 2 heterocycles. The summed E-state index contributed by atoms with van der Waals surface area (Å²) >= 11 is 1.22. The normalized spacial score (nSPS) is 11.7. The highest BCUT2D eigenvalue weighted by atomic mass is 32.1. The van der Waals surface area contributed by atoms with Gasteiger partial charge in [0.1, 0.15) is 9.71 Å². The molecular formula is C12H16N4O2S. The Labute approximate surface area is 114 Å². The van der Waals surface area contributed by atoms with E-state index in [1.807, 2.05) is 13.8 Å². The van der Waals surface area contributed by atoms with Gasteiger partial charge in [0.05, 0.1) is 11.9 Å². The van der Waals surface area contributed by atoms with Gasteiger partial charge in [0, 0.05) is 24.0 Å². The Morgan fingerprint density at radius 3 is 2.95 bits per heavy atom. The van der Waals surface area contributed by atoms with Gasteiger partial charge >= 0.3 is 0 Å². The van der Waals surface area contributed by atoms with Crippen LogP contribution in [0, 0.1) is 5.41 Å². The van der Waals surface area contributed by atoms with Crippen LogP contribution in [0.4, 0.5) is 5.69 Å². The van der Waals surface area contributed by atoms with Crippen LogP contribution in [0.1, 0.15) is 23.5 Å². The minimum atomic E-state index is -0.360. The molecule has 0 saturated carbocycles. The van der Waals surface area contributed by atoms with E-state index in [0.717, 1.165) is 5.39 Å². The second-order valence-electron chi connectivity index (χ2n) is 5.10. The summed E-state index contributed by atoms with van der Waals surface area (Å²) in [5.41, 5.74) is 6.01. The summed E-state index contributed by atoms with van der Waals surface area (Å²) < 4.78 is 0. The number of amides is 1. The Hall–Kier alpha value is -1.73. The molecule has 102 valence electrons. The number of carbonyl (C=O) groups excluding carboxylic acids is 1. The van der Waals surface area contributed by atoms with Crippen LogP contribution in [0.2, 0.25) is 0 Å². The SMILES string of the molecule is CC(C)(CO)CNC(=O)c1sc2nnccc2c1N. The zero-order chi connectivity index (χ0) is 14.0. The molecule has 0 aliphatic carbocycles. The second-order valence-corrected chi connectivity index (χ2v) is 6.10. The van der Waals surface area contributed by atoms with Gasteiger partial charge in [0.2, 0.25) is 0 Å². The summed E-state index contributed by atoms with van der Waals surface area (Å²) in [7, 11) is 0. The molecule has 19 heavy (non-hydrogen) atoms. The lowest BCUT2D eigenvalue weighted by Crippen LogP contribution is -2.35. The molecule has 0 spiro atoms. The lowest BCUT2D eigenvalue weighted by atomic mass is 9.95. The smallest absolute Gasteiger partial charge is 0.263 e. The molecule has 2 aromatic heterocycles. The number of nitrogen functional groups attached to an aromatic ring is 1. The lowest BCUT2D eigenvalue weighted by molar-refractivity contribution is 0.0916. The molecule has 4 N–H and O–H groups in total. The maximum absolute atomic E-state index is 12.1. The van der Waals surface area contributed by atoms with E-state index in [1.165, 1.54) is 11.3 Å².